The number of carbonyl (C=O) groups is 4. The minimum atomic E-state index is -0.664. The molecule has 4 aliphatic rings. The van der Waals surface area contributed by atoms with Crippen LogP contribution in [0.1, 0.15) is 108 Å². The van der Waals surface area contributed by atoms with Crippen LogP contribution < -0.4 is 35.8 Å². The molecule has 0 unspecified atom stereocenters. The highest BCUT2D eigenvalue weighted by atomic mass is 16.5. The minimum absolute atomic E-state index is 0.0187. The van der Waals surface area contributed by atoms with Crippen LogP contribution in [0.2, 0.25) is 0 Å². The van der Waals surface area contributed by atoms with Crippen LogP contribution in [-0.4, -0.2) is 109 Å². The maximum absolute atomic E-state index is 13.4. The Morgan fingerprint density at radius 1 is 1.00 bits per heavy atom. The van der Waals surface area contributed by atoms with Crippen LogP contribution in [0.4, 0.5) is 27.9 Å². The molecule has 2 aliphatic carbocycles. The summed E-state index contributed by atoms with van der Waals surface area (Å²) in [5.41, 5.74) is 1.81. The molecule has 4 N–H and O–H groups in total. The largest absolute Gasteiger partial charge is 0.495 e. The molecule has 2 atom stereocenters. The fourth-order valence-electron chi connectivity index (χ4n) is 8.54. The molecule has 0 bridgehead atoms. The first-order valence-electron chi connectivity index (χ1n) is 20.7. The number of aromatic nitrogens is 2. The number of urea groups is 1. The van der Waals surface area contributed by atoms with Crippen LogP contribution in [0.5, 0.6) is 5.75 Å². The summed E-state index contributed by atoms with van der Waals surface area (Å²) in [5.74, 6) is 1.41. The van der Waals surface area contributed by atoms with Gasteiger partial charge in [0.25, 0.3) is 5.91 Å². The zero-order valence-electron chi connectivity index (χ0n) is 33.8. The molecule has 1 aromatic heterocycles. The molecule has 3 heterocycles. The Hall–Kier alpha value is -4.66. The number of hydrogen-bond acceptors (Lipinski definition) is 11. The summed E-state index contributed by atoms with van der Waals surface area (Å²) < 4.78 is 11.4. The number of nitrogens with zero attached hydrogens (tertiary/aromatic N) is 5. The van der Waals surface area contributed by atoms with Gasteiger partial charge in [-0.2, -0.15) is 4.98 Å². The molecule has 1 saturated heterocycles. The maximum Gasteiger partial charge on any atom is 0.328 e. The normalized spacial score (nSPS) is 20.2. The van der Waals surface area contributed by atoms with E-state index in [0.717, 1.165) is 83.1 Å². The van der Waals surface area contributed by atoms with E-state index in [1.165, 1.54) is 0 Å². The SMILES string of the molecule is CC[C@@H]1C(=O)N(C)c2cnc(Nc3ccc(C(=O)NC4CCN(CCNC(=O)N[C@@H](CC(C)C)C(=O)OC5CCCC5)CC4)cc3OC)nc2N1C1CCCC1. The quantitative estimate of drug-likeness (QED) is 0.177. The van der Waals surface area contributed by atoms with Gasteiger partial charge in [-0.1, -0.05) is 33.6 Å². The zero-order chi connectivity index (χ0) is 39.8. The second-order valence-corrected chi connectivity index (χ2v) is 16.1. The number of benzene rings is 1. The predicted molar refractivity (Wildman–Crippen MR) is 216 cm³/mol. The second kappa shape index (κ2) is 19.0. The third-order valence-electron chi connectivity index (χ3n) is 11.6. The van der Waals surface area contributed by atoms with E-state index in [9.17, 15) is 19.2 Å². The van der Waals surface area contributed by atoms with Gasteiger partial charge in [-0.3, -0.25) is 9.59 Å². The van der Waals surface area contributed by atoms with Gasteiger partial charge < -0.3 is 45.4 Å². The first-order valence-corrected chi connectivity index (χ1v) is 20.7. The number of rotatable bonds is 15. The summed E-state index contributed by atoms with van der Waals surface area (Å²) in [5, 5.41) is 12.2. The molecular formula is C41H61N9O6. The first-order chi connectivity index (χ1) is 27.0. The lowest BCUT2D eigenvalue weighted by molar-refractivity contribution is -0.151. The van der Waals surface area contributed by atoms with E-state index < -0.39 is 6.04 Å². The van der Waals surface area contributed by atoms with Crippen molar-refractivity contribution < 1.29 is 28.7 Å². The van der Waals surface area contributed by atoms with Gasteiger partial charge in [-0.15, -0.1) is 0 Å². The summed E-state index contributed by atoms with van der Waals surface area (Å²) in [6, 6.07) is 4.26. The number of anilines is 4. The Kier molecular flexibility index (Phi) is 13.9. The van der Waals surface area contributed by atoms with E-state index in [1.807, 2.05) is 20.8 Å². The van der Waals surface area contributed by atoms with Gasteiger partial charge in [0.15, 0.2) is 5.82 Å². The number of likely N-dealkylation sites (N-methyl/N-ethyl adjacent to an activating group) is 1. The summed E-state index contributed by atoms with van der Waals surface area (Å²) in [7, 11) is 3.35. The lowest BCUT2D eigenvalue weighted by Gasteiger charge is -2.43. The third-order valence-corrected chi connectivity index (χ3v) is 11.6. The van der Waals surface area contributed by atoms with Gasteiger partial charge in [0, 0.05) is 50.9 Å². The summed E-state index contributed by atoms with van der Waals surface area (Å²) >= 11 is 0. The average Bonchev–Trinajstić information content (AvgIpc) is 3.92. The van der Waals surface area contributed by atoms with Crippen molar-refractivity contribution in [2.45, 2.75) is 128 Å². The Balaban J connectivity index is 0.976. The van der Waals surface area contributed by atoms with E-state index in [1.54, 1.807) is 43.5 Å². The van der Waals surface area contributed by atoms with Gasteiger partial charge in [-0.25, -0.2) is 14.6 Å². The highest BCUT2D eigenvalue weighted by Crippen LogP contribution is 2.40. The van der Waals surface area contributed by atoms with Gasteiger partial charge in [-0.05, 0) is 88.3 Å². The standard InChI is InChI=1S/C41H61N9O6/c1-6-33-38(52)48(4)34-25-43-40(47-36(34)50(33)29-11-7-8-12-29)45-31-16-15-27(24-35(31)55-5)37(51)44-28-17-20-49(21-18-28)22-19-42-41(54)46-32(23-26(2)3)39(53)56-30-13-9-10-14-30/h15-16,24-26,28-30,32-33H,6-14,17-23H2,1-5H3,(H,44,51)(H2,42,46,54)(H,43,45,47)/t32-,33+/m0/s1. The fraction of sp³-hybridized carbons (Fsp3) is 0.659. The van der Waals surface area contributed by atoms with Crippen LogP contribution in [0.3, 0.4) is 0 Å². The molecule has 1 aromatic carbocycles. The van der Waals surface area contributed by atoms with Crippen molar-refractivity contribution in [1.29, 1.82) is 0 Å². The summed E-state index contributed by atoms with van der Waals surface area (Å²) in [6.07, 6.45) is 12.7. The first kappa shape index (κ1) is 41.0. The number of likely N-dealkylation sites (tertiary alicyclic amines) is 1. The molecule has 2 saturated carbocycles. The molecule has 56 heavy (non-hydrogen) atoms. The highest BCUT2D eigenvalue weighted by Gasteiger charge is 2.41. The molecular weight excluding hydrogens is 715 g/mol. The molecule has 15 nitrogen and oxygen atoms in total. The van der Waals surface area contributed by atoms with Crippen LogP contribution in [0, 0.1) is 5.92 Å². The summed E-state index contributed by atoms with van der Waals surface area (Å²) in [4.78, 5) is 67.8. The monoisotopic (exact) mass is 775 g/mol. The lowest BCUT2D eigenvalue weighted by atomic mass is 10.0. The highest BCUT2D eigenvalue weighted by molar-refractivity contribution is 6.04. The van der Waals surface area contributed by atoms with Crippen LogP contribution in [0.25, 0.3) is 0 Å². The van der Waals surface area contributed by atoms with Crippen molar-refractivity contribution in [2.75, 3.05) is 55.5 Å². The number of hydrogen-bond donors (Lipinski definition) is 4. The fourth-order valence-corrected chi connectivity index (χ4v) is 8.54. The predicted octanol–water partition coefficient (Wildman–Crippen LogP) is 5.13. The van der Waals surface area contributed by atoms with Gasteiger partial charge in [0.05, 0.1) is 19.0 Å². The topological polar surface area (TPSA) is 170 Å². The van der Waals surface area contributed by atoms with Crippen molar-refractivity contribution in [1.82, 2.24) is 30.8 Å². The zero-order valence-corrected chi connectivity index (χ0v) is 33.8. The Morgan fingerprint density at radius 3 is 2.39 bits per heavy atom. The Bertz CT molecular complexity index is 1690. The van der Waals surface area contributed by atoms with Crippen LogP contribution >= 0.6 is 0 Å². The third kappa shape index (κ3) is 10.0. The van der Waals surface area contributed by atoms with E-state index >= 15 is 0 Å². The molecule has 2 aliphatic heterocycles. The number of ether oxygens (including phenoxy) is 2. The number of fused-ring (bicyclic) bond motifs is 1. The van der Waals surface area contributed by atoms with Gasteiger partial charge >= 0.3 is 12.0 Å². The molecule has 2 aromatic rings. The number of piperidine rings is 1. The lowest BCUT2D eigenvalue weighted by Crippen LogP contribution is -2.55. The van der Waals surface area contributed by atoms with Gasteiger partial charge in [0.1, 0.15) is 29.6 Å². The molecule has 0 radical (unpaired) electrons. The molecule has 306 valence electrons. The van der Waals surface area contributed by atoms with Crippen molar-refractivity contribution in [3.63, 3.8) is 0 Å². The van der Waals surface area contributed by atoms with Crippen molar-refractivity contribution in [2.24, 2.45) is 5.92 Å². The number of esters is 1. The van der Waals surface area contributed by atoms with E-state index in [2.05, 4.69) is 36.1 Å². The molecule has 6 rings (SSSR count). The van der Waals surface area contributed by atoms with E-state index in [4.69, 9.17) is 14.5 Å². The smallest absolute Gasteiger partial charge is 0.328 e. The summed E-state index contributed by atoms with van der Waals surface area (Å²) in [6.45, 7) is 8.77. The minimum Gasteiger partial charge on any atom is -0.495 e. The molecule has 0 spiro atoms. The molecule has 15 heteroatoms. The average molecular weight is 776 g/mol. The second-order valence-electron chi connectivity index (χ2n) is 16.1. The maximum atomic E-state index is 13.4. The Morgan fingerprint density at radius 2 is 1.71 bits per heavy atom. The van der Waals surface area contributed by atoms with Crippen LogP contribution in [0.15, 0.2) is 24.4 Å². The van der Waals surface area contributed by atoms with Gasteiger partial charge in [0.2, 0.25) is 11.9 Å². The van der Waals surface area contributed by atoms with Crippen molar-refractivity contribution in [3.05, 3.63) is 30.0 Å². The van der Waals surface area contributed by atoms with Crippen molar-refractivity contribution in [3.8, 4) is 5.75 Å². The number of nitrogens with one attached hydrogen (secondary N) is 4. The van der Waals surface area contributed by atoms with E-state index in [-0.39, 0.29) is 54.0 Å². The number of carbonyl (C=O) groups excluding carboxylic acids is 4. The van der Waals surface area contributed by atoms with Crippen molar-refractivity contribution >= 4 is 47.0 Å². The molecule has 3 fully saturated rings. The van der Waals surface area contributed by atoms with E-state index in [0.29, 0.717) is 54.6 Å². The van der Waals surface area contributed by atoms with Crippen LogP contribution in [-0.2, 0) is 14.3 Å². The Labute approximate surface area is 331 Å². The molecule has 4 amide bonds. The number of amides is 4. The number of methoxy groups -OCH3 is 1.